The van der Waals surface area contributed by atoms with Crippen LogP contribution in [0.4, 0.5) is 5.69 Å². The first-order chi connectivity index (χ1) is 7.93. The maximum Gasteiger partial charge on any atom is 0.0781 e. The molecule has 0 atom stereocenters. The van der Waals surface area contributed by atoms with Gasteiger partial charge in [0.25, 0.3) is 0 Å². The molecule has 2 aromatic rings. The summed E-state index contributed by atoms with van der Waals surface area (Å²) >= 11 is 0. The molecule has 17 heavy (non-hydrogen) atoms. The molecule has 0 unspecified atom stereocenters. The van der Waals surface area contributed by atoms with Crippen molar-refractivity contribution in [2.24, 2.45) is 4.99 Å². The Morgan fingerprint density at radius 3 is 2.65 bits per heavy atom. The van der Waals surface area contributed by atoms with Gasteiger partial charge < -0.3 is 0 Å². The smallest absolute Gasteiger partial charge is 0.0781 e. The summed E-state index contributed by atoms with van der Waals surface area (Å²) < 4.78 is 0. The van der Waals surface area contributed by atoms with Gasteiger partial charge >= 0.3 is 0 Å². The van der Waals surface area contributed by atoms with Crippen molar-refractivity contribution in [3.8, 4) is 0 Å². The van der Waals surface area contributed by atoms with Crippen molar-refractivity contribution in [3.63, 3.8) is 0 Å². The van der Waals surface area contributed by atoms with Gasteiger partial charge in [-0.25, -0.2) is 0 Å². The first-order valence-corrected chi connectivity index (χ1v) is 5.42. The molecular formula is C15H9NZr. The Morgan fingerprint density at radius 2 is 1.71 bits per heavy atom. The topological polar surface area (TPSA) is 12.4 Å². The Bertz CT molecular complexity index is 847. The molecule has 0 aromatic heterocycles. The van der Waals surface area contributed by atoms with Gasteiger partial charge in [0.15, 0.2) is 0 Å². The average molecular weight is 294 g/mol. The van der Waals surface area contributed by atoms with E-state index in [-0.39, 0.29) is 26.2 Å². The summed E-state index contributed by atoms with van der Waals surface area (Å²) in [5.74, 6) is 0. The minimum absolute atomic E-state index is 0. The van der Waals surface area contributed by atoms with Gasteiger partial charge in [0.2, 0.25) is 0 Å². The molecular weight excluding hydrogens is 285 g/mol. The quantitative estimate of drug-likeness (QED) is 0.597. The van der Waals surface area contributed by atoms with E-state index < -0.39 is 0 Å². The minimum Gasteiger partial charge on any atom is -0.256 e. The Morgan fingerprint density at radius 1 is 0.824 bits per heavy atom. The van der Waals surface area contributed by atoms with Crippen molar-refractivity contribution >= 4 is 24.1 Å². The summed E-state index contributed by atoms with van der Waals surface area (Å²) in [6.45, 7) is 0. The molecule has 0 saturated heterocycles. The van der Waals surface area contributed by atoms with Crippen LogP contribution in [-0.4, -0.2) is 6.21 Å². The van der Waals surface area contributed by atoms with Crippen molar-refractivity contribution in [2.75, 3.05) is 0 Å². The van der Waals surface area contributed by atoms with Crippen LogP contribution in [0.25, 0.3) is 12.2 Å². The van der Waals surface area contributed by atoms with Crippen LogP contribution in [0.1, 0.15) is 5.56 Å². The van der Waals surface area contributed by atoms with E-state index in [0.29, 0.717) is 0 Å². The number of nitrogens with zero attached hydrogens (tertiary/aromatic N) is 1. The van der Waals surface area contributed by atoms with Gasteiger partial charge in [-0.05, 0) is 27.8 Å². The standard InChI is InChI=1S/C15H9N.Zr/c1-2-4-12-11(3-1)9-14-13(12)6-5-10-7-8-16-15(10)14;/h1-9H;. The van der Waals surface area contributed by atoms with Gasteiger partial charge in [-0.3, -0.25) is 4.99 Å². The average Bonchev–Trinajstić information content (AvgIpc) is 2.92. The third-order valence-electron chi connectivity index (χ3n) is 3.26. The summed E-state index contributed by atoms with van der Waals surface area (Å²) in [5.41, 5.74) is 2.39. The molecule has 0 spiro atoms. The van der Waals surface area contributed by atoms with Gasteiger partial charge in [0.05, 0.1) is 5.69 Å². The Hall–Kier alpha value is -1.27. The predicted molar refractivity (Wildman–Crippen MR) is 66.0 cm³/mol. The zero-order valence-electron chi connectivity index (χ0n) is 9.14. The molecule has 1 aliphatic carbocycles. The van der Waals surface area contributed by atoms with Crippen molar-refractivity contribution < 1.29 is 26.2 Å². The monoisotopic (exact) mass is 293 g/mol. The van der Waals surface area contributed by atoms with Crippen LogP contribution >= 0.6 is 0 Å². The van der Waals surface area contributed by atoms with Crippen LogP contribution in [0.15, 0.2) is 41.4 Å². The molecule has 2 aliphatic rings. The van der Waals surface area contributed by atoms with Crippen LogP contribution in [0.2, 0.25) is 0 Å². The maximum atomic E-state index is 4.44. The van der Waals surface area contributed by atoms with Crippen molar-refractivity contribution in [1.29, 1.82) is 0 Å². The van der Waals surface area contributed by atoms with E-state index in [9.17, 15) is 0 Å². The SMILES string of the molecule is C1=Nc2c3c(ccc2=C1)=c1ccccc1=C3.[Zr]. The van der Waals surface area contributed by atoms with E-state index in [1.54, 1.807) is 0 Å². The molecule has 0 radical (unpaired) electrons. The molecule has 0 bridgehead atoms. The van der Waals surface area contributed by atoms with Gasteiger partial charge in [0, 0.05) is 43.2 Å². The molecule has 4 rings (SSSR count). The fourth-order valence-electron chi connectivity index (χ4n) is 2.50. The first kappa shape index (κ1) is 10.9. The van der Waals surface area contributed by atoms with Crippen LogP contribution in [0.5, 0.6) is 0 Å². The van der Waals surface area contributed by atoms with Crippen molar-refractivity contribution in [2.45, 2.75) is 0 Å². The minimum atomic E-state index is 0. The zero-order chi connectivity index (χ0) is 10.5. The largest absolute Gasteiger partial charge is 0.256 e. The fraction of sp³-hybridized carbons (Fsp3) is 0. The summed E-state index contributed by atoms with van der Waals surface area (Å²) in [6.07, 6.45) is 6.17. The second-order valence-electron chi connectivity index (χ2n) is 4.14. The third-order valence-corrected chi connectivity index (χ3v) is 3.26. The first-order valence-electron chi connectivity index (χ1n) is 5.42. The number of hydrogen-bond donors (Lipinski definition) is 0. The summed E-state index contributed by atoms with van der Waals surface area (Å²) in [6, 6.07) is 12.8. The molecule has 1 aliphatic heterocycles. The number of fused-ring (bicyclic) bond motifs is 4. The van der Waals surface area contributed by atoms with Crippen LogP contribution in [0.3, 0.4) is 0 Å². The van der Waals surface area contributed by atoms with E-state index in [4.69, 9.17) is 0 Å². The van der Waals surface area contributed by atoms with Gasteiger partial charge in [0.1, 0.15) is 0 Å². The molecule has 0 saturated carbocycles. The summed E-state index contributed by atoms with van der Waals surface area (Å²) in [7, 11) is 0. The second-order valence-corrected chi connectivity index (χ2v) is 4.14. The number of aliphatic imine (C=N–C) groups is 1. The molecule has 0 N–H and O–H groups in total. The Balaban J connectivity index is 0.000000902. The molecule has 78 valence electrons. The van der Waals surface area contributed by atoms with E-state index in [0.717, 1.165) is 5.69 Å². The Kier molecular flexibility index (Phi) is 2.48. The van der Waals surface area contributed by atoms with E-state index in [1.807, 2.05) is 6.21 Å². The van der Waals surface area contributed by atoms with E-state index in [1.165, 1.54) is 26.4 Å². The van der Waals surface area contributed by atoms with Gasteiger partial charge in [-0.15, -0.1) is 0 Å². The Labute approximate surface area is 118 Å². The number of hydrogen-bond acceptors (Lipinski definition) is 1. The zero-order valence-corrected chi connectivity index (χ0v) is 11.6. The second kappa shape index (κ2) is 3.89. The van der Waals surface area contributed by atoms with Crippen LogP contribution in [-0.2, 0) is 26.2 Å². The molecule has 2 aromatic carbocycles. The normalized spacial score (nSPS) is 12.9. The molecule has 0 amide bonds. The molecule has 1 heterocycles. The van der Waals surface area contributed by atoms with Crippen LogP contribution < -0.4 is 10.4 Å². The van der Waals surface area contributed by atoms with E-state index in [2.05, 4.69) is 53.5 Å². The summed E-state index contributed by atoms with van der Waals surface area (Å²) in [4.78, 5) is 4.44. The fourth-order valence-corrected chi connectivity index (χ4v) is 2.50. The molecule has 1 nitrogen and oxygen atoms in total. The van der Waals surface area contributed by atoms with Crippen molar-refractivity contribution in [1.82, 2.24) is 0 Å². The predicted octanol–water partition coefficient (Wildman–Crippen LogP) is 1.61. The number of benzene rings is 2. The number of rotatable bonds is 0. The third kappa shape index (κ3) is 1.44. The van der Waals surface area contributed by atoms with Gasteiger partial charge in [-0.1, -0.05) is 36.4 Å². The van der Waals surface area contributed by atoms with Gasteiger partial charge in [-0.2, -0.15) is 0 Å². The van der Waals surface area contributed by atoms with Crippen LogP contribution in [0, 0.1) is 10.4 Å². The van der Waals surface area contributed by atoms with Crippen molar-refractivity contribution in [3.05, 3.63) is 62.8 Å². The molecule has 2 heteroatoms. The maximum absolute atomic E-state index is 4.44. The van der Waals surface area contributed by atoms with E-state index >= 15 is 0 Å². The molecule has 0 fully saturated rings. The summed E-state index contributed by atoms with van der Waals surface area (Å²) in [5, 5.41) is 5.15.